The zero-order chi connectivity index (χ0) is 14.1. The topological polar surface area (TPSA) is 49.4 Å². The summed E-state index contributed by atoms with van der Waals surface area (Å²) in [6.45, 7) is 6.73. The minimum absolute atomic E-state index is 0.0150. The van der Waals surface area contributed by atoms with Gasteiger partial charge in [-0.3, -0.25) is 9.59 Å². The zero-order valence-corrected chi connectivity index (χ0v) is 12.4. The molecular formula is C15H26N2O2. The van der Waals surface area contributed by atoms with Gasteiger partial charge in [-0.1, -0.05) is 26.7 Å². The third-order valence-corrected chi connectivity index (χ3v) is 5.14. The maximum absolute atomic E-state index is 13.0. The van der Waals surface area contributed by atoms with Crippen LogP contribution in [-0.2, 0) is 9.59 Å². The Morgan fingerprint density at radius 1 is 1.16 bits per heavy atom. The monoisotopic (exact) mass is 266 g/mol. The Labute approximate surface area is 115 Å². The van der Waals surface area contributed by atoms with Crippen molar-refractivity contribution in [2.24, 2.45) is 0 Å². The lowest BCUT2D eigenvalue weighted by atomic mass is 9.88. The second-order valence-electron chi connectivity index (χ2n) is 6.25. The van der Waals surface area contributed by atoms with E-state index in [4.69, 9.17) is 0 Å². The van der Waals surface area contributed by atoms with Crippen LogP contribution in [0, 0.1) is 0 Å². The van der Waals surface area contributed by atoms with Gasteiger partial charge >= 0.3 is 0 Å². The summed E-state index contributed by atoms with van der Waals surface area (Å²) in [5, 5.41) is 2.98. The predicted octanol–water partition coefficient (Wildman–Crippen LogP) is 2.23. The molecule has 0 radical (unpaired) electrons. The van der Waals surface area contributed by atoms with Crippen LogP contribution in [0.15, 0.2) is 0 Å². The maximum atomic E-state index is 13.0. The van der Waals surface area contributed by atoms with E-state index < -0.39 is 5.54 Å². The number of hydrogen-bond donors (Lipinski definition) is 1. The van der Waals surface area contributed by atoms with Crippen molar-refractivity contribution >= 4 is 11.8 Å². The molecule has 0 aromatic carbocycles. The first-order valence-corrected chi connectivity index (χ1v) is 7.60. The first-order chi connectivity index (χ1) is 8.97. The second kappa shape index (κ2) is 5.14. The summed E-state index contributed by atoms with van der Waals surface area (Å²) in [6, 6.07) is 0. The predicted molar refractivity (Wildman–Crippen MR) is 74.7 cm³/mol. The lowest BCUT2D eigenvalue weighted by molar-refractivity contribution is -0.144. The first-order valence-electron chi connectivity index (χ1n) is 7.60. The minimum atomic E-state index is -0.681. The Hall–Kier alpha value is -1.06. The van der Waals surface area contributed by atoms with Crippen molar-refractivity contribution in [3.8, 4) is 0 Å². The van der Waals surface area contributed by atoms with Crippen molar-refractivity contribution < 1.29 is 9.59 Å². The summed E-state index contributed by atoms with van der Waals surface area (Å²) in [5.74, 6) is 0.147. The van der Waals surface area contributed by atoms with Gasteiger partial charge in [0.2, 0.25) is 11.8 Å². The highest BCUT2D eigenvalue weighted by atomic mass is 16.2. The van der Waals surface area contributed by atoms with Gasteiger partial charge in [-0.25, -0.2) is 0 Å². The van der Waals surface area contributed by atoms with Gasteiger partial charge in [0.1, 0.15) is 5.54 Å². The Bertz CT molecular complexity index is 368. The number of rotatable bonds is 3. The molecule has 0 bridgehead atoms. The standard InChI is InChI=1S/C15H26N2O2/c1-4-15(5-2)13(19)17(11-8-12(18)16-15)14(3)9-6-7-10-14/h4-11H2,1-3H3,(H,16,18). The molecule has 108 valence electrons. The summed E-state index contributed by atoms with van der Waals surface area (Å²) >= 11 is 0. The van der Waals surface area contributed by atoms with Crippen LogP contribution in [0.2, 0.25) is 0 Å². The summed E-state index contributed by atoms with van der Waals surface area (Å²) in [7, 11) is 0. The van der Waals surface area contributed by atoms with Crippen molar-refractivity contribution in [3.05, 3.63) is 0 Å². The van der Waals surface area contributed by atoms with Gasteiger partial charge < -0.3 is 10.2 Å². The van der Waals surface area contributed by atoms with Crippen LogP contribution in [0.1, 0.15) is 65.7 Å². The van der Waals surface area contributed by atoms with E-state index in [1.807, 2.05) is 18.7 Å². The van der Waals surface area contributed by atoms with E-state index in [1.54, 1.807) is 0 Å². The molecule has 2 rings (SSSR count). The Balaban J connectivity index is 2.33. The molecule has 4 nitrogen and oxygen atoms in total. The molecule has 0 unspecified atom stereocenters. The van der Waals surface area contributed by atoms with Crippen molar-refractivity contribution in [2.45, 2.75) is 76.8 Å². The van der Waals surface area contributed by atoms with Crippen molar-refractivity contribution in [3.63, 3.8) is 0 Å². The smallest absolute Gasteiger partial charge is 0.248 e. The van der Waals surface area contributed by atoms with E-state index >= 15 is 0 Å². The SMILES string of the molecule is CCC1(CC)NC(=O)CCN(C2(C)CCCC2)C1=O. The third kappa shape index (κ3) is 2.37. The van der Waals surface area contributed by atoms with Crippen LogP contribution in [0.4, 0.5) is 0 Å². The first kappa shape index (κ1) is 14.4. The summed E-state index contributed by atoms with van der Waals surface area (Å²) in [4.78, 5) is 26.9. The average molecular weight is 266 g/mol. The molecule has 0 aromatic rings. The molecule has 0 spiro atoms. The average Bonchev–Trinajstić information content (AvgIpc) is 2.78. The van der Waals surface area contributed by atoms with Crippen LogP contribution < -0.4 is 5.32 Å². The fourth-order valence-electron chi connectivity index (χ4n) is 3.61. The van der Waals surface area contributed by atoms with Crippen LogP contribution in [0.3, 0.4) is 0 Å². The molecule has 1 N–H and O–H groups in total. The quantitative estimate of drug-likeness (QED) is 0.851. The molecule has 1 aliphatic carbocycles. The Morgan fingerprint density at radius 2 is 1.74 bits per heavy atom. The fraction of sp³-hybridized carbons (Fsp3) is 0.867. The van der Waals surface area contributed by atoms with E-state index in [0.29, 0.717) is 25.8 Å². The highest BCUT2D eigenvalue weighted by molar-refractivity contribution is 5.94. The molecule has 0 atom stereocenters. The van der Waals surface area contributed by atoms with Gasteiger partial charge in [-0.05, 0) is 32.6 Å². The number of carbonyl (C=O) groups excluding carboxylic acids is 2. The molecular weight excluding hydrogens is 240 g/mol. The maximum Gasteiger partial charge on any atom is 0.248 e. The van der Waals surface area contributed by atoms with Gasteiger partial charge in [0.15, 0.2) is 0 Å². The van der Waals surface area contributed by atoms with Gasteiger partial charge in [-0.15, -0.1) is 0 Å². The van der Waals surface area contributed by atoms with Crippen molar-refractivity contribution in [2.75, 3.05) is 6.54 Å². The van der Waals surface area contributed by atoms with Crippen LogP contribution in [0.25, 0.3) is 0 Å². The number of nitrogens with zero attached hydrogens (tertiary/aromatic N) is 1. The van der Waals surface area contributed by atoms with E-state index in [2.05, 4.69) is 12.2 Å². The molecule has 1 aliphatic heterocycles. The third-order valence-electron chi connectivity index (χ3n) is 5.14. The molecule has 1 saturated heterocycles. The molecule has 19 heavy (non-hydrogen) atoms. The lowest BCUT2D eigenvalue weighted by Gasteiger charge is -2.42. The van der Waals surface area contributed by atoms with E-state index in [9.17, 15) is 9.59 Å². The van der Waals surface area contributed by atoms with E-state index in [1.165, 1.54) is 12.8 Å². The molecule has 2 fully saturated rings. The fourth-order valence-corrected chi connectivity index (χ4v) is 3.61. The minimum Gasteiger partial charge on any atom is -0.342 e. The zero-order valence-electron chi connectivity index (χ0n) is 12.4. The lowest BCUT2D eigenvalue weighted by Crippen LogP contribution is -2.60. The molecule has 2 aliphatic rings. The van der Waals surface area contributed by atoms with E-state index in [0.717, 1.165) is 12.8 Å². The summed E-state index contributed by atoms with van der Waals surface area (Å²) in [5.41, 5.74) is -0.724. The van der Waals surface area contributed by atoms with Gasteiger partial charge in [0.05, 0.1) is 0 Å². The molecule has 0 aromatic heterocycles. The van der Waals surface area contributed by atoms with Crippen molar-refractivity contribution in [1.82, 2.24) is 10.2 Å². The van der Waals surface area contributed by atoms with Gasteiger partial charge in [0, 0.05) is 18.5 Å². The second-order valence-corrected chi connectivity index (χ2v) is 6.25. The molecule has 1 heterocycles. The summed E-state index contributed by atoms with van der Waals surface area (Å²) in [6.07, 6.45) is 6.27. The highest BCUT2D eigenvalue weighted by Gasteiger charge is 2.47. The van der Waals surface area contributed by atoms with Crippen LogP contribution in [-0.4, -0.2) is 34.3 Å². The number of amides is 2. The molecule has 1 saturated carbocycles. The largest absolute Gasteiger partial charge is 0.342 e. The van der Waals surface area contributed by atoms with Crippen LogP contribution in [0.5, 0.6) is 0 Å². The molecule has 2 amide bonds. The normalized spacial score (nSPS) is 26.2. The van der Waals surface area contributed by atoms with Gasteiger partial charge in [-0.2, -0.15) is 0 Å². The van der Waals surface area contributed by atoms with Crippen LogP contribution >= 0.6 is 0 Å². The number of carbonyl (C=O) groups is 2. The number of hydrogen-bond acceptors (Lipinski definition) is 2. The Morgan fingerprint density at radius 3 is 2.26 bits per heavy atom. The van der Waals surface area contributed by atoms with E-state index in [-0.39, 0.29) is 17.4 Å². The number of nitrogens with one attached hydrogen (secondary N) is 1. The highest BCUT2D eigenvalue weighted by Crippen LogP contribution is 2.37. The van der Waals surface area contributed by atoms with Gasteiger partial charge in [0.25, 0.3) is 0 Å². The molecule has 4 heteroatoms. The Kier molecular flexibility index (Phi) is 3.88. The summed E-state index contributed by atoms with van der Waals surface area (Å²) < 4.78 is 0. The van der Waals surface area contributed by atoms with Crippen molar-refractivity contribution in [1.29, 1.82) is 0 Å².